The lowest BCUT2D eigenvalue weighted by Gasteiger charge is -2.13. The molecule has 0 atom stereocenters. The molecule has 156 valence electrons. The van der Waals surface area contributed by atoms with Gasteiger partial charge < -0.3 is 14.8 Å². The van der Waals surface area contributed by atoms with Crippen molar-refractivity contribution in [1.29, 1.82) is 0 Å². The van der Waals surface area contributed by atoms with E-state index in [4.69, 9.17) is 21.1 Å². The first-order valence-electron chi connectivity index (χ1n) is 9.33. The number of carbonyl (C=O) groups excluding carboxylic acids is 1. The number of hydrogen-bond acceptors (Lipinski definition) is 5. The number of fused-ring (bicyclic) bond motifs is 1. The summed E-state index contributed by atoms with van der Waals surface area (Å²) in [6.07, 6.45) is 0. The van der Waals surface area contributed by atoms with Crippen LogP contribution in [0.5, 0.6) is 11.5 Å². The van der Waals surface area contributed by atoms with Crippen molar-refractivity contribution in [3.05, 3.63) is 87.8 Å². The van der Waals surface area contributed by atoms with E-state index in [1.807, 2.05) is 0 Å². The zero-order chi connectivity index (χ0) is 22.0. The monoisotopic (exact) mass is 435 g/mol. The van der Waals surface area contributed by atoms with Gasteiger partial charge in [-0.1, -0.05) is 35.9 Å². The van der Waals surface area contributed by atoms with Crippen LogP contribution >= 0.6 is 11.6 Å². The van der Waals surface area contributed by atoms with Gasteiger partial charge >= 0.3 is 0 Å². The molecule has 0 saturated heterocycles. The number of rotatable bonds is 5. The van der Waals surface area contributed by atoms with Gasteiger partial charge in [0.05, 0.1) is 31.0 Å². The molecule has 31 heavy (non-hydrogen) atoms. The van der Waals surface area contributed by atoms with Gasteiger partial charge in [-0.15, -0.1) is 0 Å². The highest BCUT2D eigenvalue weighted by atomic mass is 35.5. The van der Waals surface area contributed by atoms with Crippen LogP contribution < -0.4 is 20.3 Å². The van der Waals surface area contributed by atoms with Crippen LogP contribution in [0.1, 0.15) is 10.5 Å². The number of nitrogens with zero attached hydrogens (tertiary/aromatic N) is 2. The molecular formula is C23H18ClN3O4. The Kier molecular flexibility index (Phi) is 5.60. The molecule has 1 N–H and O–H groups in total. The van der Waals surface area contributed by atoms with Crippen molar-refractivity contribution < 1.29 is 14.3 Å². The Labute approximate surface area is 182 Å². The summed E-state index contributed by atoms with van der Waals surface area (Å²) in [5, 5.41) is 8.40. The minimum Gasteiger partial charge on any atom is -0.497 e. The smallest absolute Gasteiger partial charge is 0.279 e. The Hall–Kier alpha value is -3.84. The predicted molar refractivity (Wildman–Crippen MR) is 120 cm³/mol. The first-order chi connectivity index (χ1) is 15.0. The Morgan fingerprint density at radius 2 is 1.74 bits per heavy atom. The maximum absolute atomic E-state index is 13.2. The van der Waals surface area contributed by atoms with Crippen LogP contribution in [0.3, 0.4) is 0 Å². The van der Waals surface area contributed by atoms with E-state index in [1.165, 1.54) is 18.9 Å². The van der Waals surface area contributed by atoms with Gasteiger partial charge in [0, 0.05) is 16.5 Å². The third-order valence-corrected chi connectivity index (χ3v) is 4.96. The summed E-state index contributed by atoms with van der Waals surface area (Å²) >= 11 is 6.07. The molecule has 0 aliphatic rings. The van der Waals surface area contributed by atoms with Crippen LogP contribution in [0.25, 0.3) is 16.5 Å². The summed E-state index contributed by atoms with van der Waals surface area (Å²) < 4.78 is 11.7. The van der Waals surface area contributed by atoms with Crippen molar-refractivity contribution in [2.24, 2.45) is 0 Å². The highest BCUT2D eigenvalue weighted by molar-refractivity contribution is 6.31. The average Bonchev–Trinajstić information content (AvgIpc) is 2.79. The van der Waals surface area contributed by atoms with Gasteiger partial charge in [0.1, 0.15) is 11.5 Å². The van der Waals surface area contributed by atoms with E-state index in [0.717, 1.165) is 0 Å². The Morgan fingerprint density at radius 1 is 0.968 bits per heavy atom. The Bertz CT molecular complexity index is 1350. The minimum absolute atomic E-state index is 0.0834. The molecule has 4 aromatic rings. The van der Waals surface area contributed by atoms with Crippen LogP contribution in [-0.2, 0) is 0 Å². The molecule has 0 unspecified atom stereocenters. The second kappa shape index (κ2) is 8.49. The quantitative estimate of drug-likeness (QED) is 0.505. The van der Waals surface area contributed by atoms with Crippen LogP contribution in [0.4, 0.5) is 5.69 Å². The maximum atomic E-state index is 13.2. The second-order valence-electron chi connectivity index (χ2n) is 6.61. The second-order valence-corrected chi connectivity index (χ2v) is 7.05. The summed E-state index contributed by atoms with van der Waals surface area (Å²) in [5.74, 6) is 0.505. The first kappa shape index (κ1) is 20.4. The van der Waals surface area contributed by atoms with Crippen molar-refractivity contribution in [3.63, 3.8) is 0 Å². The van der Waals surface area contributed by atoms with E-state index < -0.39 is 5.91 Å². The van der Waals surface area contributed by atoms with E-state index in [9.17, 15) is 9.59 Å². The normalized spacial score (nSPS) is 10.7. The molecule has 3 aromatic carbocycles. The van der Waals surface area contributed by atoms with Crippen LogP contribution in [0, 0.1) is 0 Å². The van der Waals surface area contributed by atoms with Crippen molar-refractivity contribution in [2.45, 2.75) is 0 Å². The number of benzene rings is 3. The molecule has 0 fully saturated rings. The molecular weight excluding hydrogens is 418 g/mol. The van der Waals surface area contributed by atoms with Gasteiger partial charge in [-0.25, -0.2) is 0 Å². The third kappa shape index (κ3) is 3.95. The molecule has 8 heteroatoms. The highest BCUT2D eigenvalue weighted by Gasteiger charge is 2.19. The minimum atomic E-state index is -0.506. The number of ether oxygens (including phenoxy) is 2. The predicted octanol–water partition coefficient (Wildman–Crippen LogP) is 4.31. The number of nitrogens with one attached hydrogen (secondary N) is 1. The number of methoxy groups -OCH3 is 2. The maximum Gasteiger partial charge on any atom is 0.279 e. The van der Waals surface area contributed by atoms with Crippen LogP contribution in [-0.4, -0.2) is 29.9 Å². The topological polar surface area (TPSA) is 82.5 Å². The lowest BCUT2D eigenvalue weighted by Crippen LogP contribution is -2.26. The van der Waals surface area contributed by atoms with Crippen molar-refractivity contribution in [2.75, 3.05) is 19.5 Å². The van der Waals surface area contributed by atoms with E-state index >= 15 is 0 Å². The zero-order valence-corrected chi connectivity index (χ0v) is 17.5. The highest BCUT2D eigenvalue weighted by Crippen LogP contribution is 2.28. The third-order valence-electron chi connectivity index (χ3n) is 4.73. The SMILES string of the molecule is COc1cccc(-n2nc(C(=O)Nc3cc(Cl)ccc3OC)c3ccccc3c2=O)c1. The van der Waals surface area contributed by atoms with Gasteiger partial charge in [-0.05, 0) is 36.4 Å². The number of carbonyl (C=O) groups is 1. The number of anilines is 1. The van der Waals surface area contributed by atoms with Gasteiger partial charge in [0.2, 0.25) is 0 Å². The fraction of sp³-hybridized carbons (Fsp3) is 0.0870. The Morgan fingerprint density at radius 3 is 2.48 bits per heavy atom. The summed E-state index contributed by atoms with van der Waals surface area (Å²) in [6.45, 7) is 0. The molecule has 0 bridgehead atoms. The molecule has 0 spiro atoms. The molecule has 0 aliphatic heterocycles. The lowest BCUT2D eigenvalue weighted by molar-refractivity contribution is 0.102. The van der Waals surface area contributed by atoms with Crippen molar-refractivity contribution in [1.82, 2.24) is 9.78 Å². The standard InChI is InChI=1S/C23H18ClN3O4/c1-30-16-7-5-6-15(13-16)27-23(29)18-9-4-3-8-17(18)21(26-27)22(28)25-19-12-14(24)10-11-20(19)31-2/h3-13H,1-2H3,(H,25,28). The van der Waals surface area contributed by atoms with E-state index in [-0.39, 0.29) is 11.3 Å². The van der Waals surface area contributed by atoms with Crippen molar-refractivity contribution in [3.8, 4) is 17.2 Å². The Balaban J connectivity index is 1.88. The summed E-state index contributed by atoms with van der Waals surface area (Å²) in [5.41, 5.74) is 0.607. The number of halogens is 1. The molecule has 1 heterocycles. The number of hydrogen-bond donors (Lipinski definition) is 1. The zero-order valence-electron chi connectivity index (χ0n) is 16.8. The van der Waals surface area contributed by atoms with Crippen LogP contribution in [0.2, 0.25) is 5.02 Å². The van der Waals surface area contributed by atoms with E-state index in [0.29, 0.717) is 38.7 Å². The fourth-order valence-electron chi connectivity index (χ4n) is 3.23. The number of amides is 1. The molecule has 1 aromatic heterocycles. The van der Waals surface area contributed by atoms with Gasteiger partial charge in [0.15, 0.2) is 5.69 Å². The average molecular weight is 436 g/mol. The number of aromatic nitrogens is 2. The first-order valence-corrected chi connectivity index (χ1v) is 9.71. The molecule has 7 nitrogen and oxygen atoms in total. The molecule has 4 rings (SSSR count). The van der Waals surface area contributed by atoms with Gasteiger partial charge in [-0.3, -0.25) is 9.59 Å². The molecule has 0 radical (unpaired) electrons. The van der Waals surface area contributed by atoms with Crippen LogP contribution in [0.15, 0.2) is 71.5 Å². The summed E-state index contributed by atoms with van der Waals surface area (Å²) in [4.78, 5) is 26.3. The largest absolute Gasteiger partial charge is 0.497 e. The van der Waals surface area contributed by atoms with Gasteiger partial charge in [-0.2, -0.15) is 9.78 Å². The van der Waals surface area contributed by atoms with E-state index in [2.05, 4.69) is 10.4 Å². The summed E-state index contributed by atoms with van der Waals surface area (Å²) in [6, 6.07) is 18.6. The molecule has 1 amide bonds. The summed E-state index contributed by atoms with van der Waals surface area (Å²) in [7, 11) is 3.03. The molecule has 0 saturated carbocycles. The van der Waals surface area contributed by atoms with E-state index in [1.54, 1.807) is 66.7 Å². The van der Waals surface area contributed by atoms with Crippen molar-refractivity contribution >= 4 is 34.0 Å². The van der Waals surface area contributed by atoms with Gasteiger partial charge in [0.25, 0.3) is 11.5 Å². The fourth-order valence-corrected chi connectivity index (χ4v) is 3.41. The lowest BCUT2D eigenvalue weighted by atomic mass is 10.1. The molecule has 0 aliphatic carbocycles.